The average molecular weight is 305 g/mol. The number of fused-ring (bicyclic) bond motifs is 1. The molecule has 0 bridgehead atoms. The lowest BCUT2D eigenvalue weighted by molar-refractivity contribution is 0.0489. The van der Waals surface area contributed by atoms with Crippen molar-refractivity contribution in [3.63, 3.8) is 0 Å². The van der Waals surface area contributed by atoms with Gasteiger partial charge in [-0.3, -0.25) is 0 Å². The molecule has 0 unspecified atom stereocenters. The molecule has 0 aliphatic carbocycles. The Labute approximate surface area is 128 Å². The molecule has 0 amide bonds. The average Bonchev–Trinajstić information content (AvgIpc) is 2.82. The molecule has 118 valence electrons. The van der Waals surface area contributed by atoms with E-state index in [1.165, 1.54) is 18.8 Å². The topological polar surface area (TPSA) is 66.8 Å². The van der Waals surface area contributed by atoms with E-state index in [0.29, 0.717) is 16.7 Å². The van der Waals surface area contributed by atoms with Crippen LogP contribution in [0.1, 0.15) is 31.3 Å². The van der Waals surface area contributed by atoms with Gasteiger partial charge in [0.05, 0.1) is 19.7 Å². The third-order valence-corrected chi connectivity index (χ3v) is 2.98. The molecule has 22 heavy (non-hydrogen) atoms. The van der Waals surface area contributed by atoms with Gasteiger partial charge >= 0.3 is 12.1 Å². The second kappa shape index (κ2) is 5.71. The number of benzene rings is 1. The zero-order valence-electron chi connectivity index (χ0n) is 13.3. The van der Waals surface area contributed by atoms with Gasteiger partial charge in [-0.05, 0) is 39.0 Å². The Morgan fingerprint density at radius 2 is 1.77 bits per heavy atom. The summed E-state index contributed by atoms with van der Waals surface area (Å²) in [5.74, 6) is -0.0344. The zero-order valence-corrected chi connectivity index (χ0v) is 13.3. The van der Waals surface area contributed by atoms with Crippen molar-refractivity contribution in [2.45, 2.75) is 26.4 Å². The highest BCUT2D eigenvalue weighted by atomic mass is 16.6. The summed E-state index contributed by atoms with van der Waals surface area (Å²) in [6.45, 7) is 5.28. The second-order valence-corrected chi connectivity index (χ2v) is 5.76. The Balaban J connectivity index is 2.65. The first-order valence-electron chi connectivity index (χ1n) is 6.78. The summed E-state index contributed by atoms with van der Waals surface area (Å²) >= 11 is 0. The highest BCUT2D eigenvalue weighted by Gasteiger charge is 2.25. The fourth-order valence-corrected chi connectivity index (χ4v) is 2.07. The Morgan fingerprint density at radius 1 is 1.09 bits per heavy atom. The minimum Gasteiger partial charge on any atom is -0.497 e. The molecule has 1 aromatic carbocycles. The summed E-state index contributed by atoms with van der Waals surface area (Å²) in [7, 11) is 2.79. The predicted molar refractivity (Wildman–Crippen MR) is 81.5 cm³/mol. The van der Waals surface area contributed by atoms with Gasteiger partial charge in [0.2, 0.25) is 0 Å². The molecule has 0 saturated carbocycles. The largest absolute Gasteiger partial charge is 0.497 e. The van der Waals surface area contributed by atoms with Gasteiger partial charge < -0.3 is 14.2 Å². The number of esters is 1. The van der Waals surface area contributed by atoms with E-state index in [9.17, 15) is 9.59 Å². The molecule has 0 aliphatic rings. The van der Waals surface area contributed by atoms with Gasteiger partial charge in [0.25, 0.3) is 0 Å². The van der Waals surface area contributed by atoms with Crippen molar-refractivity contribution in [2.75, 3.05) is 14.2 Å². The predicted octanol–water partition coefficient (Wildman–Crippen LogP) is 3.22. The molecular weight excluding hydrogens is 286 g/mol. The molecular formula is C16H19NO5. The van der Waals surface area contributed by atoms with E-state index >= 15 is 0 Å². The number of carbonyl (C=O) groups excluding carboxylic acids is 2. The van der Waals surface area contributed by atoms with Crippen LogP contribution < -0.4 is 4.74 Å². The molecule has 6 heteroatoms. The first kappa shape index (κ1) is 15.9. The van der Waals surface area contributed by atoms with Crippen molar-refractivity contribution in [3.8, 4) is 5.75 Å². The van der Waals surface area contributed by atoms with Crippen LogP contribution in [0, 0.1) is 0 Å². The van der Waals surface area contributed by atoms with Gasteiger partial charge in [0.15, 0.2) is 0 Å². The van der Waals surface area contributed by atoms with Gasteiger partial charge in [0.1, 0.15) is 17.0 Å². The Morgan fingerprint density at radius 3 is 2.32 bits per heavy atom. The van der Waals surface area contributed by atoms with E-state index in [1.807, 2.05) is 0 Å². The first-order chi connectivity index (χ1) is 10.3. The van der Waals surface area contributed by atoms with Crippen molar-refractivity contribution >= 4 is 23.0 Å². The van der Waals surface area contributed by atoms with Gasteiger partial charge in [0, 0.05) is 11.5 Å². The number of aromatic nitrogens is 1. The molecule has 0 fully saturated rings. The van der Waals surface area contributed by atoms with Gasteiger partial charge in [-0.1, -0.05) is 0 Å². The van der Waals surface area contributed by atoms with Crippen LogP contribution in [0.2, 0.25) is 0 Å². The number of methoxy groups -OCH3 is 2. The Bertz CT molecular complexity index is 724. The molecule has 0 spiro atoms. The van der Waals surface area contributed by atoms with Gasteiger partial charge in [-0.25, -0.2) is 14.2 Å². The van der Waals surface area contributed by atoms with E-state index in [0.717, 1.165) is 0 Å². The minimum atomic E-state index is -0.681. The van der Waals surface area contributed by atoms with E-state index in [4.69, 9.17) is 14.2 Å². The van der Waals surface area contributed by atoms with E-state index in [-0.39, 0.29) is 5.69 Å². The van der Waals surface area contributed by atoms with E-state index in [2.05, 4.69) is 0 Å². The lowest BCUT2D eigenvalue weighted by Gasteiger charge is -2.20. The highest BCUT2D eigenvalue weighted by molar-refractivity contribution is 6.01. The quantitative estimate of drug-likeness (QED) is 0.797. The number of ether oxygens (including phenoxy) is 3. The number of hydrogen-bond donors (Lipinski definition) is 0. The number of hydrogen-bond acceptors (Lipinski definition) is 5. The molecule has 0 saturated heterocycles. The molecule has 0 N–H and O–H groups in total. The Kier molecular flexibility index (Phi) is 4.12. The van der Waals surface area contributed by atoms with Crippen molar-refractivity contribution in [3.05, 3.63) is 30.0 Å². The van der Waals surface area contributed by atoms with Crippen LogP contribution in [0.4, 0.5) is 4.79 Å². The Hall–Kier alpha value is -2.50. The maximum atomic E-state index is 12.5. The third kappa shape index (κ3) is 3.05. The molecule has 2 rings (SSSR count). The van der Waals surface area contributed by atoms with Crippen molar-refractivity contribution in [1.82, 2.24) is 4.57 Å². The van der Waals surface area contributed by atoms with Gasteiger partial charge in [-0.2, -0.15) is 0 Å². The number of nitrogens with zero attached hydrogens (tertiary/aromatic N) is 1. The van der Waals surface area contributed by atoms with Crippen LogP contribution in [-0.4, -0.2) is 36.5 Å². The molecule has 0 radical (unpaired) electrons. The SMILES string of the molecule is COC(=O)c1cc2ccc(OC)cc2n1C(=O)OC(C)(C)C. The highest BCUT2D eigenvalue weighted by Crippen LogP contribution is 2.26. The molecule has 1 aromatic heterocycles. The number of rotatable bonds is 2. The lowest BCUT2D eigenvalue weighted by Crippen LogP contribution is -2.29. The minimum absolute atomic E-state index is 0.111. The van der Waals surface area contributed by atoms with Crippen LogP contribution in [0.15, 0.2) is 24.3 Å². The molecule has 6 nitrogen and oxygen atoms in total. The second-order valence-electron chi connectivity index (χ2n) is 5.76. The summed E-state index contributed by atoms with van der Waals surface area (Å²) in [5, 5.41) is 0.715. The van der Waals surface area contributed by atoms with Gasteiger partial charge in [-0.15, -0.1) is 0 Å². The summed E-state index contributed by atoms with van der Waals surface area (Å²) in [6, 6.07) is 6.78. The normalized spacial score (nSPS) is 11.3. The molecule has 0 atom stereocenters. The van der Waals surface area contributed by atoms with Crippen LogP contribution in [-0.2, 0) is 9.47 Å². The van der Waals surface area contributed by atoms with Crippen LogP contribution >= 0.6 is 0 Å². The molecule has 1 heterocycles. The lowest BCUT2D eigenvalue weighted by atomic mass is 10.2. The summed E-state index contributed by atoms with van der Waals surface area (Å²) < 4.78 is 16.5. The summed E-state index contributed by atoms with van der Waals surface area (Å²) in [5.41, 5.74) is -0.0473. The fraction of sp³-hybridized carbons (Fsp3) is 0.375. The maximum absolute atomic E-state index is 12.5. The third-order valence-electron chi connectivity index (χ3n) is 2.98. The smallest absolute Gasteiger partial charge is 0.419 e. The molecule has 2 aromatic rings. The molecule has 0 aliphatic heterocycles. The maximum Gasteiger partial charge on any atom is 0.419 e. The van der Waals surface area contributed by atoms with Crippen molar-refractivity contribution in [1.29, 1.82) is 0 Å². The van der Waals surface area contributed by atoms with Crippen molar-refractivity contribution < 1.29 is 23.8 Å². The van der Waals surface area contributed by atoms with Crippen LogP contribution in [0.3, 0.4) is 0 Å². The van der Waals surface area contributed by atoms with Crippen LogP contribution in [0.5, 0.6) is 5.75 Å². The van der Waals surface area contributed by atoms with E-state index < -0.39 is 17.7 Å². The summed E-state index contributed by atoms with van der Waals surface area (Å²) in [4.78, 5) is 24.4. The zero-order chi connectivity index (χ0) is 16.5. The number of carbonyl (C=O) groups is 2. The van der Waals surface area contributed by atoms with Crippen molar-refractivity contribution in [2.24, 2.45) is 0 Å². The monoisotopic (exact) mass is 305 g/mol. The van der Waals surface area contributed by atoms with Crippen LogP contribution in [0.25, 0.3) is 10.9 Å². The fourth-order valence-electron chi connectivity index (χ4n) is 2.07. The first-order valence-corrected chi connectivity index (χ1v) is 6.78. The summed E-state index contributed by atoms with van der Waals surface area (Å²) in [6.07, 6.45) is -0.642. The van der Waals surface area contributed by atoms with E-state index in [1.54, 1.807) is 45.0 Å². The standard InChI is InChI=1S/C16H19NO5/c1-16(2,3)22-15(19)17-12-9-11(20-4)7-6-10(12)8-13(17)14(18)21-5/h6-9H,1-5H3.